The Balaban J connectivity index is 1.61. The third-order valence-corrected chi connectivity index (χ3v) is 5.00. The molecule has 0 saturated heterocycles. The fourth-order valence-electron chi connectivity index (χ4n) is 2.23. The van der Waals surface area contributed by atoms with E-state index in [-0.39, 0.29) is 5.91 Å². The number of nitrogens with one attached hydrogen (secondary N) is 1. The number of methoxy groups -OCH3 is 1. The first kappa shape index (κ1) is 18.6. The molecule has 26 heavy (non-hydrogen) atoms. The second-order valence-corrected chi connectivity index (χ2v) is 7.12. The van der Waals surface area contributed by atoms with E-state index in [9.17, 15) is 4.79 Å². The number of thiophene rings is 1. The summed E-state index contributed by atoms with van der Waals surface area (Å²) in [6, 6.07) is 14.1. The molecule has 1 N–H and O–H groups in total. The second-order valence-electron chi connectivity index (χ2n) is 5.37. The van der Waals surface area contributed by atoms with Crippen molar-refractivity contribution in [1.29, 1.82) is 0 Å². The SMILES string of the molecule is COc1ccc(NC(=O)c2cc(COc3cccc(Cl)c3)cs2)cc1Cl. The van der Waals surface area contributed by atoms with Gasteiger partial charge in [-0.25, -0.2) is 0 Å². The van der Waals surface area contributed by atoms with Crippen molar-refractivity contribution in [2.24, 2.45) is 0 Å². The molecule has 0 unspecified atom stereocenters. The molecule has 0 saturated carbocycles. The zero-order chi connectivity index (χ0) is 18.5. The molecule has 4 nitrogen and oxygen atoms in total. The van der Waals surface area contributed by atoms with Crippen LogP contribution in [0.2, 0.25) is 10.0 Å². The third kappa shape index (κ3) is 4.69. The van der Waals surface area contributed by atoms with Crippen LogP contribution in [-0.2, 0) is 6.61 Å². The average Bonchev–Trinajstić information content (AvgIpc) is 3.09. The summed E-state index contributed by atoms with van der Waals surface area (Å²) in [6.07, 6.45) is 0. The fourth-order valence-corrected chi connectivity index (χ4v) is 3.46. The highest BCUT2D eigenvalue weighted by Crippen LogP contribution is 2.28. The van der Waals surface area contributed by atoms with Crippen LogP contribution in [-0.4, -0.2) is 13.0 Å². The number of rotatable bonds is 6. The number of amides is 1. The number of ether oxygens (including phenoxy) is 2. The Labute approximate surface area is 165 Å². The summed E-state index contributed by atoms with van der Waals surface area (Å²) in [5, 5.41) is 5.76. The van der Waals surface area contributed by atoms with Crippen LogP contribution in [0, 0.1) is 0 Å². The van der Waals surface area contributed by atoms with Gasteiger partial charge in [-0.05, 0) is 47.8 Å². The lowest BCUT2D eigenvalue weighted by Crippen LogP contribution is -2.10. The van der Waals surface area contributed by atoms with Crippen LogP contribution in [0.5, 0.6) is 11.5 Å². The second kappa shape index (κ2) is 8.45. The largest absolute Gasteiger partial charge is 0.495 e. The Hall–Kier alpha value is -2.21. The Kier molecular flexibility index (Phi) is 6.04. The number of hydrogen-bond acceptors (Lipinski definition) is 4. The van der Waals surface area contributed by atoms with E-state index >= 15 is 0 Å². The fraction of sp³-hybridized carbons (Fsp3) is 0.105. The van der Waals surface area contributed by atoms with E-state index in [1.807, 2.05) is 17.5 Å². The van der Waals surface area contributed by atoms with E-state index in [1.54, 1.807) is 36.4 Å². The minimum absolute atomic E-state index is 0.203. The molecule has 0 radical (unpaired) electrons. The molecule has 0 aliphatic carbocycles. The molecule has 0 aliphatic rings. The van der Waals surface area contributed by atoms with Crippen molar-refractivity contribution in [2.75, 3.05) is 12.4 Å². The van der Waals surface area contributed by atoms with Crippen molar-refractivity contribution >= 4 is 46.1 Å². The van der Waals surface area contributed by atoms with Crippen molar-refractivity contribution in [3.63, 3.8) is 0 Å². The molecule has 1 heterocycles. The molecule has 0 aliphatic heterocycles. The maximum Gasteiger partial charge on any atom is 0.265 e. The molecule has 3 aromatic rings. The summed E-state index contributed by atoms with van der Waals surface area (Å²) < 4.78 is 10.8. The highest BCUT2D eigenvalue weighted by Gasteiger charge is 2.11. The predicted octanol–water partition coefficient (Wildman–Crippen LogP) is 5.89. The maximum atomic E-state index is 12.4. The van der Waals surface area contributed by atoms with Crippen LogP contribution in [0.1, 0.15) is 15.2 Å². The lowest BCUT2D eigenvalue weighted by molar-refractivity contribution is 0.103. The monoisotopic (exact) mass is 407 g/mol. The van der Waals surface area contributed by atoms with Gasteiger partial charge in [-0.2, -0.15) is 0 Å². The van der Waals surface area contributed by atoms with Gasteiger partial charge in [0, 0.05) is 16.3 Å². The first-order chi connectivity index (χ1) is 12.5. The molecular formula is C19H15Cl2NO3S. The highest BCUT2D eigenvalue weighted by atomic mass is 35.5. The Morgan fingerprint density at radius 2 is 2.00 bits per heavy atom. The minimum atomic E-state index is -0.203. The van der Waals surface area contributed by atoms with Gasteiger partial charge >= 0.3 is 0 Å². The Morgan fingerprint density at radius 1 is 1.15 bits per heavy atom. The molecule has 3 rings (SSSR count). The van der Waals surface area contributed by atoms with Crippen LogP contribution < -0.4 is 14.8 Å². The molecule has 2 aromatic carbocycles. The zero-order valence-corrected chi connectivity index (χ0v) is 16.1. The van der Waals surface area contributed by atoms with E-state index in [0.29, 0.717) is 38.7 Å². The summed E-state index contributed by atoms with van der Waals surface area (Å²) in [7, 11) is 1.54. The van der Waals surface area contributed by atoms with Crippen LogP contribution in [0.3, 0.4) is 0 Å². The molecule has 0 spiro atoms. The van der Waals surface area contributed by atoms with Crippen molar-refractivity contribution in [3.05, 3.63) is 74.4 Å². The van der Waals surface area contributed by atoms with Crippen molar-refractivity contribution in [1.82, 2.24) is 0 Å². The quantitative estimate of drug-likeness (QED) is 0.553. The Morgan fingerprint density at radius 3 is 2.73 bits per heavy atom. The summed E-state index contributed by atoms with van der Waals surface area (Å²) in [4.78, 5) is 13.0. The van der Waals surface area contributed by atoms with Gasteiger partial charge in [-0.15, -0.1) is 11.3 Å². The molecule has 1 amide bonds. The standard InChI is InChI=1S/C19H15Cl2NO3S/c1-24-17-6-5-14(9-16(17)21)22-19(23)18-7-12(11-26-18)10-25-15-4-2-3-13(20)8-15/h2-9,11H,10H2,1H3,(H,22,23). The number of anilines is 1. The maximum absolute atomic E-state index is 12.4. The van der Waals surface area contributed by atoms with Gasteiger partial charge in [0.2, 0.25) is 0 Å². The topological polar surface area (TPSA) is 47.6 Å². The third-order valence-electron chi connectivity index (χ3n) is 3.49. The summed E-state index contributed by atoms with van der Waals surface area (Å²) in [5.74, 6) is 1.04. The normalized spacial score (nSPS) is 10.4. The van der Waals surface area contributed by atoms with Gasteiger partial charge in [0.25, 0.3) is 5.91 Å². The van der Waals surface area contributed by atoms with E-state index in [1.165, 1.54) is 18.4 Å². The number of carbonyl (C=O) groups excluding carboxylic acids is 1. The smallest absolute Gasteiger partial charge is 0.265 e. The lowest BCUT2D eigenvalue weighted by atomic mass is 10.2. The number of carbonyl (C=O) groups is 1. The first-order valence-corrected chi connectivity index (χ1v) is 9.29. The van der Waals surface area contributed by atoms with E-state index in [2.05, 4.69) is 5.32 Å². The van der Waals surface area contributed by atoms with Gasteiger partial charge in [-0.1, -0.05) is 29.3 Å². The van der Waals surface area contributed by atoms with Crippen LogP contribution in [0.25, 0.3) is 0 Å². The molecule has 134 valence electrons. The van der Waals surface area contributed by atoms with Gasteiger partial charge in [0.05, 0.1) is 17.0 Å². The molecule has 0 bridgehead atoms. The Bertz CT molecular complexity index is 927. The number of benzene rings is 2. The van der Waals surface area contributed by atoms with Crippen LogP contribution in [0.4, 0.5) is 5.69 Å². The average molecular weight is 408 g/mol. The molecule has 0 atom stereocenters. The highest BCUT2D eigenvalue weighted by molar-refractivity contribution is 7.12. The summed E-state index contributed by atoms with van der Waals surface area (Å²) in [5.41, 5.74) is 1.51. The molecule has 1 aromatic heterocycles. The minimum Gasteiger partial charge on any atom is -0.495 e. The zero-order valence-electron chi connectivity index (χ0n) is 13.8. The summed E-state index contributed by atoms with van der Waals surface area (Å²) in [6.45, 7) is 0.360. The van der Waals surface area contributed by atoms with Gasteiger partial charge in [-0.3, -0.25) is 4.79 Å². The van der Waals surface area contributed by atoms with E-state index in [0.717, 1.165) is 5.56 Å². The van der Waals surface area contributed by atoms with Crippen molar-refractivity contribution < 1.29 is 14.3 Å². The number of hydrogen-bond donors (Lipinski definition) is 1. The van der Waals surface area contributed by atoms with E-state index in [4.69, 9.17) is 32.7 Å². The molecule has 7 heteroatoms. The summed E-state index contributed by atoms with van der Waals surface area (Å²) >= 11 is 13.4. The molecular weight excluding hydrogens is 393 g/mol. The van der Waals surface area contributed by atoms with Crippen molar-refractivity contribution in [2.45, 2.75) is 6.61 Å². The van der Waals surface area contributed by atoms with E-state index < -0.39 is 0 Å². The predicted molar refractivity (Wildman–Crippen MR) is 106 cm³/mol. The number of halogens is 2. The van der Waals surface area contributed by atoms with Crippen LogP contribution in [0.15, 0.2) is 53.9 Å². The molecule has 0 fully saturated rings. The lowest BCUT2D eigenvalue weighted by Gasteiger charge is -2.07. The van der Waals surface area contributed by atoms with Gasteiger partial charge in [0.15, 0.2) is 0 Å². The van der Waals surface area contributed by atoms with Gasteiger partial charge < -0.3 is 14.8 Å². The van der Waals surface area contributed by atoms with Gasteiger partial charge in [0.1, 0.15) is 18.1 Å². The van der Waals surface area contributed by atoms with Crippen LogP contribution >= 0.6 is 34.5 Å². The van der Waals surface area contributed by atoms with Crippen molar-refractivity contribution in [3.8, 4) is 11.5 Å². The first-order valence-electron chi connectivity index (χ1n) is 7.66.